The number of fused-ring (bicyclic) bond motifs is 1. The molecule has 0 saturated carbocycles. The highest BCUT2D eigenvalue weighted by Crippen LogP contribution is 2.32. The van der Waals surface area contributed by atoms with Crippen LogP contribution in [0.25, 0.3) is 28.1 Å². The zero-order valence-corrected chi connectivity index (χ0v) is 17.4. The van der Waals surface area contributed by atoms with Gasteiger partial charge in [-0.3, -0.25) is 9.59 Å². The molecule has 4 heteroatoms. The topological polar surface area (TPSA) is 39.1 Å². The smallest absolute Gasteiger partial charge is 0.262 e. The summed E-state index contributed by atoms with van der Waals surface area (Å²) in [5.74, 6) is -0.310. The van der Waals surface area contributed by atoms with Gasteiger partial charge in [0, 0.05) is 22.5 Å². The summed E-state index contributed by atoms with van der Waals surface area (Å²) in [6, 6.07) is 24.9. The minimum Gasteiger partial charge on any atom is -0.311 e. The van der Waals surface area contributed by atoms with Gasteiger partial charge in [-0.2, -0.15) is 0 Å². The van der Waals surface area contributed by atoms with Crippen LogP contribution in [0.1, 0.15) is 15.9 Å². The molecule has 0 atom stereocenters. The number of allylic oxidation sites excluding steroid dienone is 1. The van der Waals surface area contributed by atoms with Gasteiger partial charge in [0.2, 0.25) is 0 Å². The molecule has 0 unspecified atom stereocenters. The molecule has 1 aromatic heterocycles. The number of hydrogen-bond acceptors (Lipinski definition) is 2. The van der Waals surface area contributed by atoms with E-state index in [1.165, 1.54) is 10.6 Å². The number of ketones is 1. The Morgan fingerprint density at radius 2 is 1.59 bits per heavy atom. The van der Waals surface area contributed by atoms with E-state index in [1.807, 2.05) is 78.9 Å². The van der Waals surface area contributed by atoms with E-state index in [1.54, 1.807) is 13.1 Å². The van der Waals surface area contributed by atoms with E-state index in [2.05, 4.69) is 15.9 Å². The minimum absolute atomic E-state index is 0.177. The van der Waals surface area contributed by atoms with Crippen molar-refractivity contribution in [2.45, 2.75) is 0 Å². The Balaban J connectivity index is 2.00. The summed E-state index contributed by atoms with van der Waals surface area (Å²) in [6.45, 7) is 0. The van der Waals surface area contributed by atoms with Crippen LogP contribution in [0.15, 0.2) is 94.2 Å². The summed E-state index contributed by atoms with van der Waals surface area (Å²) in [5, 5.41) is 0.851. The molecule has 1 heterocycles. The second kappa shape index (κ2) is 8.02. The first-order chi connectivity index (χ1) is 14.1. The van der Waals surface area contributed by atoms with Crippen LogP contribution in [0.2, 0.25) is 0 Å². The third-order valence-corrected chi connectivity index (χ3v) is 5.39. The van der Waals surface area contributed by atoms with Gasteiger partial charge in [-0.1, -0.05) is 82.7 Å². The lowest BCUT2D eigenvalue weighted by Crippen LogP contribution is -2.25. The van der Waals surface area contributed by atoms with Gasteiger partial charge in [-0.15, -0.1) is 0 Å². The molecule has 4 rings (SSSR count). The average Bonchev–Trinajstić information content (AvgIpc) is 2.75. The molecule has 0 bridgehead atoms. The first-order valence-electron chi connectivity index (χ1n) is 9.21. The van der Waals surface area contributed by atoms with Gasteiger partial charge in [0.05, 0.1) is 11.1 Å². The fourth-order valence-electron chi connectivity index (χ4n) is 3.47. The second-order valence-electron chi connectivity index (χ2n) is 6.75. The molecular weight excluding hydrogens is 426 g/mol. The van der Waals surface area contributed by atoms with Gasteiger partial charge < -0.3 is 4.57 Å². The first kappa shape index (κ1) is 19.1. The lowest BCUT2D eigenvalue weighted by atomic mass is 9.93. The Hall–Kier alpha value is -3.24. The van der Waals surface area contributed by atoms with Crippen molar-refractivity contribution in [3.8, 4) is 11.1 Å². The number of hydrogen-bond donors (Lipinski definition) is 0. The van der Waals surface area contributed by atoms with Gasteiger partial charge >= 0.3 is 0 Å². The van der Waals surface area contributed by atoms with E-state index in [4.69, 9.17) is 0 Å². The van der Waals surface area contributed by atoms with Gasteiger partial charge in [0.25, 0.3) is 5.56 Å². The van der Waals surface area contributed by atoms with Crippen molar-refractivity contribution in [2.75, 3.05) is 0 Å². The van der Waals surface area contributed by atoms with Gasteiger partial charge in [0.15, 0.2) is 5.78 Å². The molecule has 0 aliphatic rings. The van der Waals surface area contributed by atoms with Gasteiger partial charge in [-0.05, 0) is 35.4 Å². The number of benzene rings is 3. The number of nitrogens with zero attached hydrogens (tertiary/aromatic N) is 1. The van der Waals surface area contributed by atoms with Gasteiger partial charge in [-0.25, -0.2) is 0 Å². The molecule has 0 N–H and O–H groups in total. The predicted octanol–water partition coefficient (Wildman–Crippen LogP) is 5.86. The van der Waals surface area contributed by atoms with Crippen molar-refractivity contribution in [3.05, 3.63) is 111 Å². The molecule has 0 aliphatic carbocycles. The minimum atomic E-state index is -0.310. The molecule has 0 aliphatic heterocycles. The van der Waals surface area contributed by atoms with Crippen molar-refractivity contribution < 1.29 is 4.79 Å². The molecule has 3 nitrogen and oxygen atoms in total. The van der Waals surface area contributed by atoms with Crippen LogP contribution >= 0.6 is 15.9 Å². The lowest BCUT2D eigenvalue weighted by molar-refractivity contribution is 0.104. The number of carbonyl (C=O) groups excluding carboxylic acids is 1. The van der Waals surface area contributed by atoms with Crippen LogP contribution in [-0.2, 0) is 7.05 Å². The van der Waals surface area contributed by atoms with Crippen molar-refractivity contribution in [1.82, 2.24) is 4.57 Å². The first-order valence-corrected chi connectivity index (χ1v) is 10.0. The summed E-state index contributed by atoms with van der Waals surface area (Å²) in [4.78, 5) is 26.4. The summed E-state index contributed by atoms with van der Waals surface area (Å²) < 4.78 is 2.43. The molecule has 0 radical (unpaired) electrons. The van der Waals surface area contributed by atoms with Crippen LogP contribution in [-0.4, -0.2) is 10.4 Å². The van der Waals surface area contributed by atoms with E-state index >= 15 is 0 Å². The van der Waals surface area contributed by atoms with Crippen molar-refractivity contribution in [3.63, 3.8) is 0 Å². The van der Waals surface area contributed by atoms with Crippen molar-refractivity contribution in [1.29, 1.82) is 0 Å². The molecular formula is C25H18BrNO2. The Kier molecular flexibility index (Phi) is 5.28. The molecule has 142 valence electrons. The number of aryl methyl sites for hydroxylation is 1. The fraction of sp³-hybridized carbons (Fsp3) is 0.0400. The number of carbonyl (C=O) groups is 1. The number of pyridine rings is 1. The van der Waals surface area contributed by atoms with Crippen LogP contribution in [0.4, 0.5) is 0 Å². The summed E-state index contributed by atoms with van der Waals surface area (Å²) in [7, 11) is 1.70. The Morgan fingerprint density at radius 1 is 0.931 bits per heavy atom. The molecule has 3 aromatic carbocycles. The predicted molar refractivity (Wildman–Crippen MR) is 122 cm³/mol. The zero-order chi connectivity index (χ0) is 20.4. The molecule has 4 aromatic rings. The van der Waals surface area contributed by atoms with Crippen LogP contribution < -0.4 is 5.56 Å². The molecule has 0 spiro atoms. The monoisotopic (exact) mass is 443 g/mol. The lowest BCUT2D eigenvalue weighted by Gasteiger charge is -2.15. The maximum atomic E-state index is 13.2. The number of halogens is 1. The molecule has 0 saturated heterocycles. The average molecular weight is 444 g/mol. The van der Waals surface area contributed by atoms with Crippen molar-refractivity contribution >= 4 is 38.7 Å². The van der Waals surface area contributed by atoms with Crippen LogP contribution in [0, 0.1) is 0 Å². The quantitative estimate of drug-likeness (QED) is 0.292. The van der Waals surface area contributed by atoms with E-state index in [0.29, 0.717) is 5.56 Å². The second-order valence-corrected chi connectivity index (χ2v) is 7.67. The van der Waals surface area contributed by atoms with E-state index in [9.17, 15) is 9.59 Å². The SMILES string of the molecule is Cn1c(=O)c(C(=O)/C=C/c2ccccc2)c(-c2ccccc2)c2cc(Br)ccc21. The third-order valence-electron chi connectivity index (χ3n) is 4.89. The molecule has 0 amide bonds. The molecule has 29 heavy (non-hydrogen) atoms. The summed E-state index contributed by atoms with van der Waals surface area (Å²) in [6.07, 6.45) is 3.21. The zero-order valence-electron chi connectivity index (χ0n) is 15.8. The normalized spacial score (nSPS) is 11.2. The highest BCUT2D eigenvalue weighted by Gasteiger charge is 2.21. The maximum Gasteiger partial charge on any atom is 0.262 e. The van der Waals surface area contributed by atoms with Gasteiger partial charge in [0.1, 0.15) is 0 Å². The summed E-state index contributed by atoms with van der Waals surface area (Å²) in [5.41, 5.74) is 3.05. The Morgan fingerprint density at radius 3 is 2.28 bits per heavy atom. The number of rotatable bonds is 4. The third kappa shape index (κ3) is 3.71. The fourth-order valence-corrected chi connectivity index (χ4v) is 3.83. The van der Waals surface area contributed by atoms with E-state index in [-0.39, 0.29) is 16.9 Å². The maximum absolute atomic E-state index is 13.2. The van der Waals surface area contributed by atoms with E-state index < -0.39 is 0 Å². The Bertz CT molecular complexity index is 1290. The standard InChI is InChI=1S/C25H18BrNO2/c1-27-21-14-13-19(26)16-20(21)23(18-10-6-3-7-11-18)24(25(27)29)22(28)15-12-17-8-4-2-5-9-17/h2-16H,1H3/b15-12+. The highest BCUT2D eigenvalue weighted by molar-refractivity contribution is 9.10. The highest BCUT2D eigenvalue weighted by atomic mass is 79.9. The van der Waals surface area contributed by atoms with Crippen molar-refractivity contribution in [2.24, 2.45) is 7.05 Å². The van der Waals surface area contributed by atoms with Crippen LogP contribution in [0.5, 0.6) is 0 Å². The largest absolute Gasteiger partial charge is 0.311 e. The Labute approximate surface area is 177 Å². The summed E-state index contributed by atoms with van der Waals surface area (Å²) >= 11 is 3.52. The van der Waals surface area contributed by atoms with Crippen LogP contribution in [0.3, 0.4) is 0 Å². The molecule has 0 fully saturated rings. The van der Waals surface area contributed by atoms with E-state index in [0.717, 1.165) is 26.5 Å². The number of aromatic nitrogens is 1.